The van der Waals surface area contributed by atoms with Crippen LogP contribution in [0.25, 0.3) is 0 Å². The van der Waals surface area contributed by atoms with Gasteiger partial charge in [0, 0.05) is 24.3 Å². The van der Waals surface area contributed by atoms with Crippen molar-refractivity contribution in [2.45, 2.75) is 51.6 Å². The SMILES string of the molecule is CCN(c1ccccc1C)C1CCCCC1N. The lowest BCUT2D eigenvalue weighted by Crippen LogP contribution is -2.50. The maximum atomic E-state index is 6.30. The zero-order chi connectivity index (χ0) is 12.3. The Kier molecular flexibility index (Phi) is 4.06. The van der Waals surface area contributed by atoms with E-state index in [0.717, 1.165) is 6.54 Å². The Labute approximate surface area is 105 Å². The van der Waals surface area contributed by atoms with Crippen molar-refractivity contribution >= 4 is 5.69 Å². The molecule has 2 nitrogen and oxygen atoms in total. The monoisotopic (exact) mass is 232 g/mol. The largest absolute Gasteiger partial charge is 0.367 e. The highest BCUT2D eigenvalue weighted by Crippen LogP contribution is 2.28. The Bertz CT molecular complexity index is 362. The first-order chi connectivity index (χ1) is 8.24. The van der Waals surface area contributed by atoms with Crippen molar-refractivity contribution in [3.05, 3.63) is 29.8 Å². The third-order valence-corrected chi connectivity index (χ3v) is 3.95. The highest BCUT2D eigenvalue weighted by atomic mass is 15.2. The molecule has 0 aromatic heterocycles. The minimum atomic E-state index is 0.336. The van der Waals surface area contributed by atoms with Crippen LogP contribution >= 0.6 is 0 Å². The Morgan fingerprint density at radius 1 is 1.24 bits per heavy atom. The van der Waals surface area contributed by atoms with Gasteiger partial charge in [0.25, 0.3) is 0 Å². The molecule has 2 unspecified atom stereocenters. The van der Waals surface area contributed by atoms with Gasteiger partial charge in [-0.15, -0.1) is 0 Å². The molecule has 0 radical (unpaired) electrons. The van der Waals surface area contributed by atoms with Crippen LogP contribution < -0.4 is 10.6 Å². The molecule has 94 valence electrons. The van der Waals surface area contributed by atoms with Crippen LogP contribution in [-0.4, -0.2) is 18.6 Å². The van der Waals surface area contributed by atoms with E-state index in [0.29, 0.717) is 12.1 Å². The first-order valence-electron chi connectivity index (χ1n) is 6.82. The van der Waals surface area contributed by atoms with Crippen molar-refractivity contribution < 1.29 is 0 Å². The van der Waals surface area contributed by atoms with Gasteiger partial charge in [-0.05, 0) is 38.3 Å². The molecule has 1 aliphatic carbocycles. The normalized spacial score (nSPS) is 24.6. The molecule has 2 N–H and O–H groups in total. The molecule has 0 bridgehead atoms. The summed E-state index contributed by atoms with van der Waals surface area (Å²) < 4.78 is 0. The summed E-state index contributed by atoms with van der Waals surface area (Å²) in [7, 11) is 0. The first kappa shape index (κ1) is 12.4. The number of hydrogen-bond donors (Lipinski definition) is 1. The second kappa shape index (κ2) is 5.54. The standard InChI is InChI=1S/C15H24N2/c1-3-17(14-10-6-4-8-12(14)2)15-11-7-5-9-13(15)16/h4,6,8,10,13,15H,3,5,7,9,11,16H2,1-2H3. The molecule has 17 heavy (non-hydrogen) atoms. The van der Waals surface area contributed by atoms with Gasteiger partial charge in [0.1, 0.15) is 0 Å². The summed E-state index contributed by atoms with van der Waals surface area (Å²) in [6.07, 6.45) is 5.03. The second-order valence-corrected chi connectivity index (χ2v) is 5.09. The van der Waals surface area contributed by atoms with Gasteiger partial charge in [0.15, 0.2) is 0 Å². The number of hydrogen-bond acceptors (Lipinski definition) is 2. The molecule has 0 heterocycles. The van der Waals surface area contributed by atoms with E-state index in [2.05, 4.69) is 43.0 Å². The minimum Gasteiger partial charge on any atom is -0.367 e. The Balaban J connectivity index is 2.23. The summed E-state index contributed by atoms with van der Waals surface area (Å²) in [6.45, 7) is 5.46. The number of likely N-dealkylation sites (N-methyl/N-ethyl adjacent to an activating group) is 1. The number of rotatable bonds is 3. The first-order valence-corrected chi connectivity index (χ1v) is 6.82. The van der Waals surface area contributed by atoms with Crippen LogP contribution in [0.4, 0.5) is 5.69 Å². The summed E-state index contributed by atoms with van der Waals surface area (Å²) in [5.41, 5.74) is 9.01. The molecule has 2 atom stereocenters. The van der Waals surface area contributed by atoms with Crippen LogP contribution in [0.2, 0.25) is 0 Å². The van der Waals surface area contributed by atoms with Crippen LogP contribution in [0.1, 0.15) is 38.2 Å². The molecule has 1 aromatic rings. The molecule has 1 saturated carbocycles. The van der Waals surface area contributed by atoms with Gasteiger partial charge in [0.05, 0.1) is 0 Å². The molecule has 0 saturated heterocycles. The summed E-state index contributed by atoms with van der Waals surface area (Å²) >= 11 is 0. The fourth-order valence-corrected chi connectivity index (χ4v) is 3.00. The number of nitrogens with zero attached hydrogens (tertiary/aromatic N) is 1. The van der Waals surface area contributed by atoms with Crippen LogP contribution in [0, 0.1) is 6.92 Å². The zero-order valence-electron chi connectivity index (χ0n) is 11.0. The maximum Gasteiger partial charge on any atom is 0.0441 e. The summed E-state index contributed by atoms with van der Waals surface area (Å²) in [5.74, 6) is 0. The number of anilines is 1. The fraction of sp³-hybridized carbons (Fsp3) is 0.600. The molecule has 0 spiro atoms. The van der Waals surface area contributed by atoms with Crippen LogP contribution in [-0.2, 0) is 0 Å². The predicted molar refractivity (Wildman–Crippen MR) is 74.4 cm³/mol. The van der Waals surface area contributed by atoms with E-state index in [4.69, 9.17) is 5.73 Å². The predicted octanol–water partition coefficient (Wildman–Crippen LogP) is 3.09. The lowest BCUT2D eigenvalue weighted by Gasteiger charge is -2.40. The van der Waals surface area contributed by atoms with Crippen molar-refractivity contribution in [2.24, 2.45) is 5.73 Å². The molecular formula is C15H24N2. The smallest absolute Gasteiger partial charge is 0.0441 e. The molecule has 2 heteroatoms. The van der Waals surface area contributed by atoms with E-state index in [1.54, 1.807) is 0 Å². The maximum absolute atomic E-state index is 6.30. The van der Waals surface area contributed by atoms with E-state index < -0.39 is 0 Å². The molecule has 0 amide bonds. The molecule has 1 fully saturated rings. The minimum absolute atomic E-state index is 0.336. The van der Waals surface area contributed by atoms with Gasteiger partial charge in [-0.3, -0.25) is 0 Å². The van der Waals surface area contributed by atoms with E-state index in [1.165, 1.54) is 36.9 Å². The van der Waals surface area contributed by atoms with Crippen LogP contribution in [0.5, 0.6) is 0 Å². The Morgan fingerprint density at radius 2 is 1.94 bits per heavy atom. The lowest BCUT2D eigenvalue weighted by atomic mass is 9.89. The molecule has 2 rings (SSSR count). The van der Waals surface area contributed by atoms with Crippen molar-refractivity contribution in [1.29, 1.82) is 0 Å². The summed E-state index contributed by atoms with van der Waals surface area (Å²) in [4.78, 5) is 2.50. The average Bonchev–Trinajstić information content (AvgIpc) is 2.34. The molecule has 1 aromatic carbocycles. The number of benzene rings is 1. The van der Waals surface area contributed by atoms with Gasteiger partial charge in [-0.25, -0.2) is 0 Å². The molecule has 1 aliphatic rings. The van der Waals surface area contributed by atoms with E-state index in [1.807, 2.05) is 0 Å². The lowest BCUT2D eigenvalue weighted by molar-refractivity contribution is 0.366. The van der Waals surface area contributed by atoms with Crippen LogP contribution in [0.15, 0.2) is 24.3 Å². The van der Waals surface area contributed by atoms with Crippen molar-refractivity contribution in [3.63, 3.8) is 0 Å². The third kappa shape index (κ3) is 2.63. The summed E-state index contributed by atoms with van der Waals surface area (Å²) in [6, 6.07) is 9.50. The van der Waals surface area contributed by atoms with Gasteiger partial charge in [0.2, 0.25) is 0 Å². The zero-order valence-corrected chi connectivity index (χ0v) is 11.0. The van der Waals surface area contributed by atoms with Crippen molar-refractivity contribution in [3.8, 4) is 0 Å². The van der Waals surface area contributed by atoms with Gasteiger partial charge >= 0.3 is 0 Å². The average molecular weight is 232 g/mol. The highest BCUT2D eigenvalue weighted by molar-refractivity contribution is 5.54. The summed E-state index contributed by atoms with van der Waals surface area (Å²) in [5, 5.41) is 0. The number of para-hydroxylation sites is 1. The molecule has 0 aliphatic heterocycles. The Hall–Kier alpha value is -1.02. The highest BCUT2D eigenvalue weighted by Gasteiger charge is 2.27. The van der Waals surface area contributed by atoms with Gasteiger partial charge in [-0.2, -0.15) is 0 Å². The molecular weight excluding hydrogens is 208 g/mol. The Morgan fingerprint density at radius 3 is 2.59 bits per heavy atom. The van der Waals surface area contributed by atoms with E-state index in [9.17, 15) is 0 Å². The van der Waals surface area contributed by atoms with Crippen LogP contribution in [0.3, 0.4) is 0 Å². The number of nitrogens with two attached hydrogens (primary N) is 1. The fourth-order valence-electron chi connectivity index (χ4n) is 3.00. The van der Waals surface area contributed by atoms with Gasteiger partial charge in [-0.1, -0.05) is 31.0 Å². The van der Waals surface area contributed by atoms with E-state index >= 15 is 0 Å². The number of aryl methyl sites for hydroxylation is 1. The topological polar surface area (TPSA) is 29.3 Å². The van der Waals surface area contributed by atoms with Crippen molar-refractivity contribution in [1.82, 2.24) is 0 Å². The second-order valence-electron chi connectivity index (χ2n) is 5.09. The van der Waals surface area contributed by atoms with E-state index in [-0.39, 0.29) is 0 Å². The third-order valence-electron chi connectivity index (χ3n) is 3.95. The quantitative estimate of drug-likeness (QED) is 0.867. The van der Waals surface area contributed by atoms with Crippen molar-refractivity contribution in [2.75, 3.05) is 11.4 Å². The van der Waals surface area contributed by atoms with Gasteiger partial charge < -0.3 is 10.6 Å².